The Labute approximate surface area is 98.0 Å². The van der Waals surface area contributed by atoms with Gasteiger partial charge in [0.2, 0.25) is 0 Å². The summed E-state index contributed by atoms with van der Waals surface area (Å²) in [6, 6.07) is 13.0. The van der Waals surface area contributed by atoms with Gasteiger partial charge in [-0.15, -0.1) is 5.10 Å². The number of rotatable bonds is 1. The van der Waals surface area contributed by atoms with Crippen molar-refractivity contribution in [2.45, 2.75) is 0 Å². The van der Waals surface area contributed by atoms with Gasteiger partial charge >= 0.3 is 0 Å². The first-order chi connectivity index (χ1) is 8.36. The van der Waals surface area contributed by atoms with Crippen LogP contribution in [-0.2, 0) is 0 Å². The van der Waals surface area contributed by atoms with Crippen molar-refractivity contribution in [3.05, 3.63) is 60.1 Å². The van der Waals surface area contributed by atoms with Crippen molar-refractivity contribution < 1.29 is 0 Å². The van der Waals surface area contributed by atoms with Crippen molar-refractivity contribution in [1.29, 1.82) is 0 Å². The molecule has 0 N–H and O–H groups in total. The first-order valence-electron chi connectivity index (χ1n) is 5.16. The molecule has 0 aliphatic carbocycles. The van der Waals surface area contributed by atoms with Crippen LogP contribution in [0.1, 0.15) is 0 Å². The third-order valence-electron chi connectivity index (χ3n) is 2.50. The number of hydrogen-bond acceptors (Lipinski definition) is 2. The zero-order chi connectivity index (χ0) is 11.7. The fraction of sp³-hybridized carbons (Fsp3) is 0. The summed E-state index contributed by atoms with van der Waals surface area (Å²) in [4.78, 5) is 7.76. The van der Waals surface area contributed by atoms with Gasteiger partial charge in [-0.05, 0) is 12.1 Å². The Bertz CT molecular complexity index is 671. The summed E-state index contributed by atoms with van der Waals surface area (Å²) >= 11 is 0. The van der Waals surface area contributed by atoms with E-state index in [1.807, 2.05) is 36.5 Å². The van der Waals surface area contributed by atoms with Gasteiger partial charge in [-0.2, -0.15) is 0 Å². The molecule has 0 aliphatic heterocycles. The molecule has 0 fully saturated rings. The van der Waals surface area contributed by atoms with Gasteiger partial charge in [0.05, 0.1) is 6.57 Å². The quantitative estimate of drug-likeness (QED) is 0.591. The Kier molecular flexibility index (Phi) is 2.09. The van der Waals surface area contributed by atoms with E-state index in [9.17, 15) is 0 Å². The molecule has 4 nitrogen and oxygen atoms in total. The van der Waals surface area contributed by atoms with E-state index >= 15 is 0 Å². The number of aromatic nitrogens is 3. The average Bonchev–Trinajstić information content (AvgIpc) is 2.82. The predicted octanol–water partition coefficient (Wildman–Crippen LogP) is 2.95. The molecule has 0 unspecified atom stereocenters. The molecule has 17 heavy (non-hydrogen) atoms. The highest BCUT2D eigenvalue weighted by molar-refractivity contribution is 5.61. The molecule has 0 saturated carbocycles. The molecule has 2 heterocycles. The Balaban J connectivity index is 2.11. The monoisotopic (exact) mass is 220 g/mol. The summed E-state index contributed by atoms with van der Waals surface area (Å²) in [5.41, 5.74) is 2.36. The Morgan fingerprint density at radius 2 is 1.88 bits per heavy atom. The van der Waals surface area contributed by atoms with Crippen molar-refractivity contribution in [2.24, 2.45) is 0 Å². The van der Waals surface area contributed by atoms with Gasteiger partial charge in [0, 0.05) is 11.8 Å². The van der Waals surface area contributed by atoms with E-state index in [2.05, 4.69) is 14.9 Å². The highest BCUT2D eigenvalue weighted by Gasteiger charge is 2.05. The predicted molar refractivity (Wildman–Crippen MR) is 64.7 cm³/mol. The minimum Gasteiger partial charge on any atom is -0.238 e. The summed E-state index contributed by atoms with van der Waals surface area (Å²) in [5.74, 6) is 0.674. The van der Waals surface area contributed by atoms with E-state index in [-0.39, 0.29) is 0 Å². The fourth-order valence-electron chi connectivity index (χ4n) is 1.64. The Morgan fingerprint density at radius 1 is 1.06 bits per heavy atom. The molecule has 0 atom stereocenters. The average molecular weight is 220 g/mol. The molecule has 0 saturated heterocycles. The van der Waals surface area contributed by atoms with Crippen LogP contribution in [0.4, 0.5) is 5.69 Å². The van der Waals surface area contributed by atoms with E-state index in [0.717, 1.165) is 11.2 Å². The lowest BCUT2D eigenvalue weighted by molar-refractivity contribution is 0.966. The second kappa shape index (κ2) is 3.72. The van der Waals surface area contributed by atoms with Crippen molar-refractivity contribution in [3.8, 4) is 11.4 Å². The first-order valence-corrected chi connectivity index (χ1v) is 5.16. The molecule has 1 aromatic carbocycles. The smallest absolute Gasteiger partial charge is 0.187 e. The van der Waals surface area contributed by atoms with Crippen LogP contribution < -0.4 is 0 Å². The lowest BCUT2D eigenvalue weighted by Crippen LogP contribution is -1.84. The van der Waals surface area contributed by atoms with Gasteiger partial charge in [-0.3, -0.25) is 0 Å². The molecule has 0 bridgehead atoms. The molecular formula is C13H8N4. The number of fused-ring (bicyclic) bond motifs is 1. The molecule has 0 aliphatic rings. The van der Waals surface area contributed by atoms with Gasteiger partial charge in [0.25, 0.3) is 0 Å². The van der Waals surface area contributed by atoms with E-state index in [0.29, 0.717) is 11.5 Å². The molecule has 80 valence electrons. The number of pyridine rings is 1. The van der Waals surface area contributed by atoms with Gasteiger partial charge in [-0.1, -0.05) is 30.3 Å². The lowest BCUT2D eigenvalue weighted by Gasteiger charge is -1.93. The van der Waals surface area contributed by atoms with Crippen molar-refractivity contribution in [2.75, 3.05) is 0 Å². The van der Waals surface area contributed by atoms with Crippen LogP contribution >= 0.6 is 0 Å². The van der Waals surface area contributed by atoms with E-state index < -0.39 is 0 Å². The summed E-state index contributed by atoms with van der Waals surface area (Å²) in [6.07, 6.45) is 1.86. The van der Waals surface area contributed by atoms with Crippen LogP contribution in [0.2, 0.25) is 0 Å². The molecule has 0 amide bonds. The third kappa shape index (κ3) is 1.64. The standard InChI is InChI=1S/C13H8N4/c1-14-11-7-5-10(6-8-11)13-15-12-4-2-3-9-17(12)16-13/h2-9H. The maximum absolute atomic E-state index is 6.90. The molecule has 4 heteroatoms. The third-order valence-corrected chi connectivity index (χ3v) is 2.50. The van der Waals surface area contributed by atoms with Crippen LogP contribution in [0.5, 0.6) is 0 Å². The molecule has 3 aromatic rings. The zero-order valence-corrected chi connectivity index (χ0v) is 8.91. The fourth-order valence-corrected chi connectivity index (χ4v) is 1.64. The molecule has 0 spiro atoms. The molecule has 3 rings (SSSR count). The van der Waals surface area contributed by atoms with Gasteiger partial charge in [-0.25, -0.2) is 14.3 Å². The van der Waals surface area contributed by atoms with Crippen LogP contribution in [0.25, 0.3) is 21.9 Å². The topological polar surface area (TPSA) is 34.5 Å². The van der Waals surface area contributed by atoms with E-state index in [1.54, 1.807) is 16.6 Å². The highest BCUT2D eigenvalue weighted by atomic mass is 15.3. The maximum Gasteiger partial charge on any atom is 0.187 e. The molecule has 0 radical (unpaired) electrons. The number of nitrogens with zero attached hydrogens (tertiary/aromatic N) is 4. The van der Waals surface area contributed by atoms with Crippen molar-refractivity contribution in [1.82, 2.24) is 14.6 Å². The van der Waals surface area contributed by atoms with Crippen molar-refractivity contribution in [3.63, 3.8) is 0 Å². The summed E-state index contributed by atoms with van der Waals surface area (Å²) in [6.45, 7) is 6.90. The van der Waals surface area contributed by atoms with Gasteiger partial charge in [0.1, 0.15) is 0 Å². The number of hydrogen-bond donors (Lipinski definition) is 0. The maximum atomic E-state index is 6.90. The number of benzene rings is 1. The normalized spacial score (nSPS) is 10.3. The van der Waals surface area contributed by atoms with Crippen LogP contribution in [0, 0.1) is 6.57 Å². The Hall–Kier alpha value is -2.67. The SMILES string of the molecule is [C-]#[N+]c1ccc(-c2nc3ccccn3n2)cc1. The lowest BCUT2D eigenvalue weighted by atomic mass is 10.2. The van der Waals surface area contributed by atoms with Crippen LogP contribution in [0.15, 0.2) is 48.7 Å². The van der Waals surface area contributed by atoms with Crippen molar-refractivity contribution >= 4 is 11.3 Å². The zero-order valence-electron chi connectivity index (χ0n) is 8.91. The Morgan fingerprint density at radius 3 is 2.59 bits per heavy atom. The minimum absolute atomic E-state index is 0.623. The van der Waals surface area contributed by atoms with Gasteiger partial charge < -0.3 is 0 Å². The minimum atomic E-state index is 0.623. The van der Waals surface area contributed by atoms with E-state index in [4.69, 9.17) is 6.57 Å². The largest absolute Gasteiger partial charge is 0.238 e. The van der Waals surface area contributed by atoms with Gasteiger partial charge in [0.15, 0.2) is 17.2 Å². The van der Waals surface area contributed by atoms with Crippen LogP contribution in [-0.4, -0.2) is 14.6 Å². The molecular weight excluding hydrogens is 212 g/mol. The summed E-state index contributed by atoms with van der Waals surface area (Å²) in [5, 5.41) is 4.37. The summed E-state index contributed by atoms with van der Waals surface area (Å²) in [7, 11) is 0. The van der Waals surface area contributed by atoms with E-state index in [1.165, 1.54) is 0 Å². The summed E-state index contributed by atoms with van der Waals surface area (Å²) < 4.78 is 1.73. The second-order valence-corrected chi connectivity index (χ2v) is 3.60. The molecule has 2 aromatic heterocycles. The first kappa shape index (κ1) is 9.55. The highest BCUT2D eigenvalue weighted by Crippen LogP contribution is 2.20. The second-order valence-electron chi connectivity index (χ2n) is 3.60. The van der Waals surface area contributed by atoms with Crippen LogP contribution in [0.3, 0.4) is 0 Å².